The SMILES string of the molecule is COC(=O)c1ccc(F)cc1NCC1CCSC1. The van der Waals surface area contributed by atoms with Gasteiger partial charge in [0.05, 0.1) is 18.4 Å². The van der Waals surface area contributed by atoms with E-state index in [4.69, 9.17) is 0 Å². The normalized spacial score (nSPS) is 18.7. The van der Waals surface area contributed by atoms with Gasteiger partial charge in [0.25, 0.3) is 0 Å². The van der Waals surface area contributed by atoms with E-state index in [-0.39, 0.29) is 5.82 Å². The van der Waals surface area contributed by atoms with Crippen LogP contribution in [0, 0.1) is 11.7 Å². The summed E-state index contributed by atoms with van der Waals surface area (Å²) in [7, 11) is 1.32. The van der Waals surface area contributed by atoms with Gasteiger partial charge < -0.3 is 10.1 Å². The minimum absolute atomic E-state index is 0.356. The van der Waals surface area contributed by atoms with Crippen LogP contribution in [-0.2, 0) is 4.74 Å². The molecule has 0 radical (unpaired) electrons. The van der Waals surface area contributed by atoms with Gasteiger partial charge in [0.1, 0.15) is 5.82 Å². The Morgan fingerprint density at radius 1 is 1.61 bits per heavy atom. The van der Waals surface area contributed by atoms with Crippen LogP contribution >= 0.6 is 11.8 Å². The number of hydrogen-bond acceptors (Lipinski definition) is 4. The third kappa shape index (κ3) is 3.16. The molecule has 5 heteroatoms. The van der Waals surface area contributed by atoms with Gasteiger partial charge >= 0.3 is 5.97 Å². The fraction of sp³-hybridized carbons (Fsp3) is 0.462. The Morgan fingerprint density at radius 2 is 2.44 bits per heavy atom. The predicted molar refractivity (Wildman–Crippen MR) is 71.7 cm³/mol. The average Bonchev–Trinajstić information content (AvgIpc) is 2.88. The van der Waals surface area contributed by atoms with Crippen LogP contribution in [0.5, 0.6) is 0 Å². The Hall–Kier alpha value is -1.23. The van der Waals surface area contributed by atoms with Crippen molar-refractivity contribution in [2.75, 3.05) is 30.5 Å². The molecule has 3 nitrogen and oxygen atoms in total. The number of esters is 1. The molecule has 1 unspecified atom stereocenters. The Balaban J connectivity index is 2.08. The van der Waals surface area contributed by atoms with Gasteiger partial charge in [-0.1, -0.05) is 0 Å². The van der Waals surface area contributed by atoms with Crippen LogP contribution in [0.2, 0.25) is 0 Å². The number of halogens is 1. The highest BCUT2D eigenvalue weighted by atomic mass is 32.2. The topological polar surface area (TPSA) is 38.3 Å². The highest BCUT2D eigenvalue weighted by Crippen LogP contribution is 2.25. The monoisotopic (exact) mass is 269 g/mol. The first-order valence-electron chi connectivity index (χ1n) is 5.90. The van der Waals surface area contributed by atoms with Crippen LogP contribution < -0.4 is 5.32 Å². The Morgan fingerprint density at radius 3 is 3.11 bits per heavy atom. The summed E-state index contributed by atoms with van der Waals surface area (Å²) in [6.07, 6.45) is 1.17. The lowest BCUT2D eigenvalue weighted by Gasteiger charge is -2.14. The molecule has 1 fully saturated rings. The zero-order chi connectivity index (χ0) is 13.0. The number of methoxy groups -OCH3 is 1. The van der Waals surface area contributed by atoms with E-state index in [1.165, 1.54) is 37.5 Å². The number of rotatable bonds is 4. The second-order valence-electron chi connectivity index (χ2n) is 4.29. The van der Waals surface area contributed by atoms with Crippen LogP contribution in [0.3, 0.4) is 0 Å². The van der Waals surface area contributed by atoms with Crippen LogP contribution in [0.15, 0.2) is 18.2 Å². The zero-order valence-electron chi connectivity index (χ0n) is 10.2. The molecule has 0 amide bonds. The number of carbonyl (C=O) groups is 1. The van der Waals surface area contributed by atoms with Gasteiger partial charge in [-0.3, -0.25) is 0 Å². The molecule has 2 rings (SSSR count). The Labute approximate surface area is 110 Å². The molecule has 18 heavy (non-hydrogen) atoms. The maximum Gasteiger partial charge on any atom is 0.339 e. The van der Waals surface area contributed by atoms with Crippen molar-refractivity contribution in [3.05, 3.63) is 29.6 Å². The summed E-state index contributed by atoms with van der Waals surface area (Å²) in [5.74, 6) is 2.09. The molecule has 0 bridgehead atoms. The summed E-state index contributed by atoms with van der Waals surface area (Å²) in [5, 5.41) is 3.16. The third-order valence-electron chi connectivity index (χ3n) is 2.99. The lowest BCUT2D eigenvalue weighted by Crippen LogP contribution is -2.16. The largest absolute Gasteiger partial charge is 0.465 e. The Bertz CT molecular complexity index is 433. The number of hydrogen-bond donors (Lipinski definition) is 1. The zero-order valence-corrected chi connectivity index (χ0v) is 11.1. The van der Waals surface area contributed by atoms with Gasteiger partial charge in [-0.2, -0.15) is 11.8 Å². The number of nitrogens with one attached hydrogen (secondary N) is 1. The van der Waals surface area contributed by atoms with Crippen LogP contribution in [0.25, 0.3) is 0 Å². The summed E-state index contributed by atoms with van der Waals surface area (Å²) < 4.78 is 17.9. The van der Waals surface area contributed by atoms with Crippen molar-refractivity contribution in [3.8, 4) is 0 Å². The molecule has 0 saturated carbocycles. The van der Waals surface area contributed by atoms with Crippen molar-refractivity contribution in [1.82, 2.24) is 0 Å². The quantitative estimate of drug-likeness (QED) is 0.853. The van der Waals surface area contributed by atoms with E-state index in [1.54, 1.807) is 0 Å². The lowest BCUT2D eigenvalue weighted by atomic mass is 10.1. The van der Waals surface area contributed by atoms with Crippen molar-refractivity contribution in [2.24, 2.45) is 5.92 Å². The number of benzene rings is 1. The van der Waals surface area contributed by atoms with E-state index >= 15 is 0 Å². The number of anilines is 1. The smallest absolute Gasteiger partial charge is 0.339 e. The summed E-state index contributed by atoms with van der Waals surface area (Å²) in [4.78, 5) is 11.6. The predicted octanol–water partition coefficient (Wildman–Crippen LogP) is 2.78. The number of carbonyl (C=O) groups excluding carboxylic acids is 1. The fourth-order valence-electron chi connectivity index (χ4n) is 1.95. The molecule has 1 saturated heterocycles. The van der Waals surface area contributed by atoms with E-state index in [0.717, 1.165) is 12.3 Å². The molecule has 1 aromatic rings. The summed E-state index contributed by atoms with van der Waals surface area (Å²) in [6.45, 7) is 0.764. The third-order valence-corrected chi connectivity index (χ3v) is 4.22. The van der Waals surface area contributed by atoms with Crippen molar-refractivity contribution in [2.45, 2.75) is 6.42 Å². The summed E-state index contributed by atoms with van der Waals surface area (Å²) >= 11 is 1.93. The molecular formula is C13H16FNO2S. The molecule has 1 atom stereocenters. The van der Waals surface area contributed by atoms with Crippen LogP contribution in [0.4, 0.5) is 10.1 Å². The minimum Gasteiger partial charge on any atom is -0.465 e. The van der Waals surface area contributed by atoms with Gasteiger partial charge in [-0.15, -0.1) is 0 Å². The summed E-state index contributed by atoms with van der Waals surface area (Å²) in [6, 6.07) is 4.06. The standard InChI is InChI=1S/C13H16FNO2S/c1-17-13(16)11-3-2-10(14)6-12(11)15-7-9-4-5-18-8-9/h2-3,6,9,15H,4-5,7-8H2,1H3. The molecule has 0 aliphatic carbocycles. The van der Waals surface area contributed by atoms with Gasteiger partial charge in [0.15, 0.2) is 0 Å². The van der Waals surface area contributed by atoms with E-state index in [0.29, 0.717) is 17.2 Å². The molecule has 1 aliphatic rings. The fourth-order valence-corrected chi connectivity index (χ4v) is 3.23. The van der Waals surface area contributed by atoms with E-state index < -0.39 is 5.97 Å². The second kappa shape index (κ2) is 6.09. The van der Waals surface area contributed by atoms with Crippen molar-refractivity contribution in [1.29, 1.82) is 0 Å². The number of thioether (sulfide) groups is 1. The number of ether oxygens (including phenoxy) is 1. The summed E-state index contributed by atoms with van der Waals surface area (Å²) in [5.41, 5.74) is 0.892. The van der Waals surface area contributed by atoms with Gasteiger partial charge in [-0.25, -0.2) is 9.18 Å². The Kier molecular flexibility index (Phi) is 4.47. The van der Waals surface area contributed by atoms with Crippen LogP contribution in [0.1, 0.15) is 16.8 Å². The van der Waals surface area contributed by atoms with Gasteiger partial charge in [0, 0.05) is 6.54 Å². The molecule has 1 aliphatic heterocycles. The molecule has 1 aromatic carbocycles. The first kappa shape index (κ1) is 13.2. The van der Waals surface area contributed by atoms with E-state index in [1.807, 2.05) is 11.8 Å². The van der Waals surface area contributed by atoms with Crippen molar-refractivity contribution in [3.63, 3.8) is 0 Å². The van der Waals surface area contributed by atoms with E-state index in [2.05, 4.69) is 10.1 Å². The second-order valence-corrected chi connectivity index (χ2v) is 5.44. The van der Waals surface area contributed by atoms with Crippen molar-refractivity contribution < 1.29 is 13.9 Å². The maximum absolute atomic E-state index is 13.2. The maximum atomic E-state index is 13.2. The minimum atomic E-state index is -0.446. The molecule has 98 valence electrons. The average molecular weight is 269 g/mol. The van der Waals surface area contributed by atoms with Gasteiger partial charge in [0.2, 0.25) is 0 Å². The molecular weight excluding hydrogens is 253 g/mol. The highest BCUT2D eigenvalue weighted by molar-refractivity contribution is 7.99. The highest BCUT2D eigenvalue weighted by Gasteiger charge is 2.17. The van der Waals surface area contributed by atoms with E-state index in [9.17, 15) is 9.18 Å². The van der Waals surface area contributed by atoms with Gasteiger partial charge in [-0.05, 0) is 42.0 Å². The molecule has 0 aromatic heterocycles. The molecule has 1 N–H and O–H groups in total. The van der Waals surface area contributed by atoms with Crippen molar-refractivity contribution >= 4 is 23.4 Å². The first-order valence-corrected chi connectivity index (χ1v) is 7.05. The lowest BCUT2D eigenvalue weighted by molar-refractivity contribution is 0.0602. The molecule has 1 heterocycles. The first-order chi connectivity index (χ1) is 8.70. The van der Waals surface area contributed by atoms with Crippen LogP contribution in [-0.4, -0.2) is 31.1 Å². The molecule has 0 spiro atoms.